The number of para-hydroxylation sites is 2. The third-order valence-electron chi connectivity index (χ3n) is 3.80. The van der Waals surface area contributed by atoms with Gasteiger partial charge in [0.2, 0.25) is 11.8 Å². The molecule has 1 aliphatic carbocycles. The van der Waals surface area contributed by atoms with E-state index < -0.39 is 0 Å². The minimum absolute atomic E-state index is 0.0587. The van der Waals surface area contributed by atoms with E-state index in [9.17, 15) is 9.59 Å². The van der Waals surface area contributed by atoms with E-state index in [2.05, 4.69) is 22.7 Å². The van der Waals surface area contributed by atoms with Crippen LogP contribution in [0.25, 0.3) is 11.0 Å². The number of benzene rings is 1. The summed E-state index contributed by atoms with van der Waals surface area (Å²) >= 11 is 0. The van der Waals surface area contributed by atoms with E-state index in [1.54, 1.807) is 11.0 Å². The van der Waals surface area contributed by atoms with Crippen molar-refractivity contribution in [3.8, 4) is 0 Å². The molecular formula is C15H18N4O2. The first-order valence-electron chi connectivity index (χ1n) is 7.15. The molecule has 1 saturated carbocycles. The zero-order chi connectivity index (χ0) is 14.8. The number of rotatable bonds is 5. The van der Waals surface area contributed by atoms with Crippen molar-refractivity contribution in [1.82, 2.24) is 15.0 Å². The molecule has 0 saturated heterocycles. The van der Waals surface area contributed by atoms with Gasteiger partial charge in [0, 0.05) is 18.9 Å². The van der Waals surface area contributed by atoms with Gasteiger partial charge in [0.15, 0.2) is 0 Å². The van der Waals surface area contributed by atoms with Crippen molar-refractivity contribution in [1.29, 1.82) is 0 Å². The Bertz CT molecular complexity index is 679. The first kappa shape index (κ1) is 13.6. The number of aromatic nitrogens is 2. The molecule has 1 fully saturated rings. The molecule has 1 heterocycles. The molecule has 0 bridgehead atoms. The summed E-state index contributed by atoms with van der Waals surface area (Å²) < 4.78 is 1.60. The van der Waals surface area contributed by atoms with Crippen LogP contribution < -0.4 is 10.7 Å². The van der Waals surface area contributed by atoms with Crippen molar-refractivity contribution in [3.05, 3.63) is 30.6 Å². The van der Waals surface area contributed by atoms with Crippen molar-refractivity contribution in [3.63, 3.8) is 0 Å². The standard InChI is InChI=1S/C15H18N4O2/c1-10-8-11(10)15(21)16-7-6-14(20)18-19-9-17-12-4-2-3-5-13(12)19/h2-5,9-11H,6-8H2,1H3,(H,16,21)(H,18,20)/t10-,11-/m0/s1. The number of hydrogen-bond acceptors (Lipinski definition) is 3. The van der Waals surface area contributed by atoms with E-state index in [1.165, 1.54) is 0 Å². The smallest absolute Gasteiger partial charge is 0.240 e. The molecule has 0 aliphatic heterocycles. The maximum Gasteiger partial charge on any atom is 0.240 e. The lowest BCUT2D eigenvalue weighted by atomic mass is 10.3. The van der Waals surface area contributed by atoms with Crippen LogP contribution in [0, 0.1) is 11.8 Å². The average molecular weight is 286 g/mol. The van der Waals surface area contributed by atoms with Gasteiger partial charge < -0.3 is 5.32 Å². The van der Waals surface area contributed by atoms with Crippen LogP contribution in [0.2, 0.25) is 0 Å². The van der Waals surface area contributed by atoms with Crippen LogP contribution in [-0.4, -0.2) is 28.0 Å². The van der Waals surface area contributed by atoms with Crippen molar-refractivity contribution in [2.75, 3.05) is 12.0 Å². The summed E-state index contributed by atoms with van der Waals surface area (Å²) in [5.74, 6) is 0.535. The second-order valence-electron chi connectivity index (χ2n) is 5.50. The second kappa shape index (κ2) is 5.55. The summed E-state index contributed by atoms with van der Waals surface area (Å²) in [5.41, 5.74) is 4.43. The maximum atomic E-state index is 11.9. The predicted octanol–water partition coefficient (Wildman–Crippen LogP) is 1.27. The number of imidazole rings is 1. The van der Waals surface area contributed by atoms with Crippen molar-refractivity contribution in [2.24, 2.45) is 11.8 Å². The maximum absolute atomic E-state index is 11.9. The van der Waals surface area contributed by atoms with E-state index in [0.29, 0.717) is 12.5 Å². The van der Waals surface area contributed by atoms with E-state index >= 15 is 0 Å². The molecule has 2 aromatic rings. The Hall–Kier alpha value is -2.37. The van der Waals surface area contributed by atoms with Gasteiger partial charge in [-0.3, -0.25) is 15.0 Å². The van der Waals surface area contributed by atoms with E-state index in [4.69, 9.17) is 0 Å². The van der Waals surface area contributed by atoms with Gasteiger partial charge in [-0.15, -0.1) is 0 Å². The molecule has 2 amide bonds. The zero-order valence-corrected chi connectivity index (χ0v) is 11.9. The van der Waals surface area contributed by atoms with Crippen LogP contribution in [0.3, 0.4) is 0 Å². The van der Waals surface area contributed by atoms with Gasteiger partial charge in [0.25, 0.3) is 0 Å². The van der Waals surface area contributed by atoms with Gasteiger partial charge in [-0.2, -0.15) is 0 Å². The number of carbonyl (C=O) groups excluding carboxylic acids is 2. The topological polar surface area (TPSA) is 76.0 Å². The van der Waals surface area contributed by atoms with Gasteiger partial charge in [0.05, 0.1) is 11.0 Å². The van der Waals surface area contributed by atoms with Gasteiger partial charge >= 0.3 is 0 Å². The Kier molecular flexibility index (Phi) is 3.60. The van der Waals surface area contributed by atoms with Gasteiger partial charge in [-0.25, -0.2) is 9.66 Å². The second-order valence-corrected chi connectivity index (χ2v) is 5.50. The van der Waals surface area contributed by atoms with Crippen LogP contribution >= 0.6 is 0 Å². The molecule has 0 spiro atoms. The summed E-state index contributed by atoms with van der Waals surface area (Å²) in [4.78, 5) is 27.7. The number of carbonyl (C=O) groups is 2. The Balaban J connectivity index is 1.49. The van der Waals surface area contributed by atoms with Gasteiger partial charge in [-0.1, -0.05) is 19.1 Å². The highest BCUT2D eigenvalue weighted by molar-refractivity contribution is 5.87. The van der Waals surface area contributed by atoms with Crippen LogP contribution in [0.4, 0.5) is 0 Å². The Morgan fingerprint density at radius 1 is 1.38 bits per heavy atom. The van der Waals surface area contributed by atoms with Crippen LogP contribution in [0.15, 0.2) is 30.6 Å². The third kappa shape index (κ3) is 3.04. The van der Waals surface area contributed by atoms with Crippen LogP contribution in [0.5, 0.6) is 0 Å². The third-order valence-corrected chi connectivity index (χ3v) is 3.80. The van der Waals surface area contributed by atoms with Gasteiger partial charge in [0.1, 0.15) is 6.33 Å². The fourth-order valence-corrected chi connectivity index (χ4v) is 2.36. The fourth-order valence-electron chi connectivity index (χ4n) is 2.36. The molecule has 2 atom stereocenters. The molecule has 2 N–H and O–H groups in total. The molecule has 1 aromatic carbocycles. The molecule has 21 heavy (non-hydrogen) atoms. The largest absolute Gasteiger partial charge is 0.355 e. The normalized spacial score (nSPS) is 20.2. The lowest BCUT2D eigenvalue weighted by Gasteiger charge is -2.08. The van der Waals surface area contributed by atoms with E-state index in [1.807, 2.05) is 24.3 Å². The highest BCUT2D eigenvalue weighted by Crippen LogP contribution is 2.37. The number of fused-ring (bicyclic) bond motifs is 1. The first-order chi connectivity index (χ1) is 10.1. The Morgan fingerprint density at radius 2 is 2.14 bits per heavy atom. The number of hydrogen-bond donors (Lipinski definition) is 2. The minimum Gasteiger partial charge on any atom is -0.355 e. The SMILES string of the molecule is C[C@H]1C[C@@H]1C(=O)NCCC(=O)Nn1cnc2ccccc21. The molecule has 0 unspecified atom stereocenters. The number of nitrogens with zero attached hydrogens (tertiary/aromatic N) is 2. The lowest BCUT2D eigenvalue weighted by Crippen LogP contribution is -2.31. The Morgan fingerprint density at radius 3 is 2.90 bits per heavy atom. The molecule has 6 nitrogen and oxygen atoms in total. The van der Waals surface area contributed by atoms with E-state index in [0.717, 1.165) is 17.5 Å². The predicted molar refractivity (Wildman–Crippen MR) is 79.0 cm³/mol. The van der Waals surface area contributed by atoms with Crippen LogP contribution in [0.1, 0.15) is 19.8 Å². The highest BCUT2D eigenvalue weighted by atomic mass is 16.2. The van der Waals surface area contributed by atoms with E-state index in [-0.39, 0.29) is 24.2 Å². The fraction of sp³-hybridized carbons (Fsp3) is 0.400. The molecule has 110 valence electrons. The molecule has 3 rings (SSSR count). The summed E-state index contributed by atoms with van der Waals surface area (Å²) in [6, 6.07) is 7.56. The summed E-state index contributed by atoms with van der Waals surface area (Å²) in [6.07, 6.45) is 2.78. The molecule has 0 radical (unpaired) electrons. The van der Waals surface area contributed by atoms with Crippen LogP contribution in [-0.2, 0) is 9.59 Å². The molecular weight excluding hydrogens is 268 g/mol. The first-order valence-corrected chi connectivity index (χ1v) is 7.15. The molecule has 1 aromatic heterocycles. The summed E-state index contributed by atoms with van der Waals surface area (Å²) in [7, 11) is 0. The minimum atomic E-state index is -0.151. The lowest BCUT2D eigenvalue weighted by molar-refractivity contribution is -0.122. The Labute approximate surface area is 122 Å². The molecule has 1 aliphatic rings. The number of nitrogens with one attached hydrogen (secondary N) is 2. The van der Waals surface area contributed by atoms with Gasteiger partial charge in [-0.05, 0) is 24.5 Å². The summed E-state index contributed by atoms with van der Waals surface area (Å²) in [5, 5.41) is 2.80. The highest BCUT2D eigenvalue weighted by Gasteiger charge is 2.38. The average Bonchev–Trinajstić information content (AvgIpc) is 3.07. The monoisotopic (exact) mass is 286 g/mol. The molecule has 6 heteroatoms. The zero-order valence-electron chi connectivity index (χ0n) is 11.9. The summed E-state index contributed by atoms with van der Waals surface area (Å²) in [6.45, 7) is 2.42. The van der Waals surface area contributed by atoms with Crippen molar-refractivity contribution < 1.29 is 9.59 Å². The van der Waals surface area contributed by atoms with Crippen molar-refractivity contribution in [2.45, 2.75) is 19.8 Å². The number of amides is 2. The van der Waals surface area contributed by atoms with Crippen molar-refractivity contribution >= 4 is 22.8 Å². The quantitative estimate of drug-likeness (QED) is 0.869.